The topological polar surface area (TPSA) is 42.0 Å². The van der Waals surface area contributed by atoms with Crippen LogP contribution in [-0.2, 0) is 17.8 Å². The Labute approximate surface area is 270 Å². The van der Waals surface area contributed by atoms with Gasteiger partial charge in [-0.15, -0.1) is 28.7 Å². The van der Waals surface area contributed by atoms with E-state index in [0.29, 0.717) is 13.2 Å². The maximum Gasteiger partial charge on any atom is 0.223 e. The van der Waals surface area contributed by atoms with Gasteiger partial charge in [0.1, 0.15) is 0 Å². The van der Waals surface area contributed by atoms with Gasteiger partial charge in [0.05, 0.1) is 19.6 Å². The van der Waals surface area contributed by atoms with E-state index < -0.39 is 0 Å². The van der Waals surface area contributed by atoms with E-state index in [-0.39, 0.29) is 22.9 Å². The molecule has 2 aromatic rings. The average molecular weight is 662 g/mol. The number of carbonyl (C=O) groups excluding carboxylic acids is 1. The third-order valence-electron chi connectivity index (χ3n) is 7.70. The lowest BCUT2D eigenvalue weighted by Gasteiger charge is -2.23. The standard InChI is InChI=1S/C35H52N2O3S.BrH/c1-4-5-6-7-8-9-10-11-12-13-14-15-24-40-34-20-19-31(27-35(34)39-3)21-22-37(30(2)38)33-18-16-17-32(26-33)28-36-23-25-41-29-36;/h16-20,23,25-27H,4-15,21-22,24,28-29H2,1-3H3;1H. The highest BCUT2D eigenvalue weighted by atomic mass is 79.9. The molecule has 0 bridgehead atoms. The first-order valence-corrected chi connectivity index (χ1v) is 16.8. The minimum absolute atomic E-state index is 0. The number of anilines is 1. The highest BCUT2D eigenvalue weighted by Gasteiger charge is 2.14. The molecule has 7 heteroatoms. The lowest BCUT2D eigenvalue weighted by atomic mass is 10.1. The van der Waals surface area contributed by atoms with Gasteiger partial charge in [0.2, 0.25) is 5.91 Å². The number of amides is 1. The van der Waals surface area contributed by atoms with Gasteiger partial charge in [-0.3, -0.25) is 4.79 Å². The summed E-state index contributed by atoms with van der Waals surface area (Å²) in [6.07, 6.45) is 18.9. The normalized spacial score (nSPS) is 12.3. The van der Waals surface area contributed by atoms with Crippen LogP contribution < -0.4 is 14.4 Å². The molecule has 0 aromatic heterocycles. The Morgan fingerprint density at radius 2 is 1.57 bits per heavy atom. The van der Waals surface area contributed by atoms with Gasteiger partial charge >= 0.3 is 0 Å². The van der Waals surface area contributed by atoms with Crippen LogP contribution in [0.5, 0.6) is 11.5 Å². The first-order valence-electron chi connectivity index (χ1n) is 15.8. The Hall–Kier alpha value is -2.12. The summed E-state index contributed by atoms with van der Waals surface area (Å²) in [5.41, 5.74) is 3.28. The van der Waals surface area contributed by atoms with E-state index in [4.69, 9.17) is 9.47 Å². The number of ether oxygens (including phenoxy) is 2. The fourth-order valence-electron chi connectivity index (χ4n) is 5.29. The van der Waals surface area contributed by atoms with E-state index in [1.165, 1.54) is 76.2 Å². The van der Waals surface area contributed by atoms with E-state index in [2.05, 4.69) is 41.6 Å². The summed E-state index contributed by atoms with van der Waals surface area (Å²) in [5.74, 6) is 2.58. The van der Waals surface area contributed by atoms with E-state index in [1.54, 1.807) is 25.8 Å². The van der Waals surface area contributed by atoms with E-state index in [1.807, 2.05) is 29.2 Å². The second-order valence-corrected chi connectivity index (χ2v) is 12.0. The van der Waals surface area contributed by atoms with Crippen molar-refractivity contribution < 1.29 is 14.3 Å². The molecule has 2 aromatic carbocycles. The highest BCUT2D eigenvalue weighted by molar-refractivity contribution is 8.93. The lowest BCUT2D eigenvalue weighted by molar-refractivity contribution is -0.116. The van der Waals surface area contributed by atoms with E-state index >= 15 is 0 Å². The van der Waals surface area contributed by atoms with Crippen molar-refractivity contribution in [2.45, 2.75) is 104 Å². The smallest absolute Gasteiger partial charge is 0.223 e. The molecule has 1 aliphatic rings. The number of methoxy groups -OCH3 is 1. The molecule has 1 amide bonds. The van der Waals surface area contributed by atoms with Gasteiger partial charge in [0, 0.05) is 31.9 Å². The van der Waals surface area contributed by atoms with Crippen molar-refractivity contribution in [2.24, 2.45) is 0 Å². The van der Waals surface area contributed by atoms with Gasteiger partial charge in [-0.05, 0) is 53.6 Å². The van der Waals surface area contributed by atoms with Crippen molar-refractivity contribution in [1.29, 1.82) is 0 Å². The molecule has 0 aliphatic carbocycles. The number of hydrogen-bond donors (Lipinski definition) is 0. The molecule has 0 unspecified atom stereocenters. The average Bonchev–Trinajstić information content (AvgIpc) is 3.49. The molecule has 42 heavy (non-hydrogen) atoms. The Morgan fingerprint density at radius 3 is 2.19 bits per heavy atom. The molecule has 0 spiro atoms. The molecule has 1 heterocycles. The second-order valence-electron chi connectivity index (χ2n) is 11.1. The number of nitrogens with zero attached hydrogens (tertiary/aromatic N) is 2. The van der Waals surface area contributed by atoms with E-state index in [9.17, 15) is 4.79 Å². The largest absolute Gasteiger partial charge is 0.493 e. The maximum absolute atomic E-state index is 12.6. The molecule has 5 nitrogen and oxygen atoms in total. The zero-order valence-corrected chi connectivity index (χ0v) is 28.7. The van der Waals surface area contributed by atoms with Crippen LogP contribution in [0.15, 0.2) is 54.1 Å². The maximum atomic E-state index is 12.6. The van der Waals surface area contributed by atoms with Crippen LogP contribution >= 0.6 is 28.7 Å². The third kappa shape index (κ3) is 13.5. The lowest BCUT2D eigenvalue weighted by Crippen LogP contribution is -2.30. The summed E-state index contributed by atoms with van der Waals surface area (Å²) in [6.45, 7) is 6.09. The van der Waals surface area contributed by atoms with Crippen molar-refractivity contribution in [2.75, 3.05) is 31.0 Å². The molecule has 0 N–H and O–H groups in total. The van der Waals surface area contributed by atoms with Crippen molar-refractivity contribution in [3.05, 3.63) is 65.2 Å². The van der Waals surface area contributed by atoms with Crippen LogP contribution in [0.2, 0.25) is 0 Å². The van der Waals surface area contributed by atoms with Crippen LogP contribution in [0.3, 0.4) is 0 Å². The van der Waals surface area contributed by atoms with Gasteiger partial charge in [0.15, 0.2) is 11.5 Å². The molecular formula is C35H53BrN2O3S. The number of hydrogen-bond acceptors (Lipinski definition) is 5. The molecule has 1 aliphatic heterocycles. The summed E-state index contributed by atoms with van der Waals surface area (Å²) >= 11 is 1.80. The van der Waals surface area contributed by atoms with Crippen molar-refractivity contribution in [3.8, 4) is 11.5 Å². The summed E-state index contributed by atoms with van der Waals surface area (Å²) in [7, 11) is 1.69. The van der Waals surface area contributed by atoms with Crippen molar-refractivity contribution in [3.63, 3.8) is 0 Å². The van der Waals surface area contributed by atoms with Crippen molar-refractivity contribution in [1.82, 2.24) is 4.90 Å². The number of carbonyl (C=O) groups is 1. The third-order valence-corrected chi connectivity index (χ3v) is 8.50. The molecule has 3 rings (SSSR count). The highest BCUT2D eigenvalue weighted by Crippen LogP contribution is 2.29. The quantitative estimate of drug-likeness (QED) is 0.125. The molecule has 0 atom stereocenters. The number of benzene rings is 2. The van der Waals surface area contributed by atoms with Gasteiger partial charge < -0.3 is 19.3 Å². The number of unbranched alkanes of at least 4 members (excludes halogenated alkanes) is 11. The Balaban J connectivity index is 0.00000616. The molecular weight excluding hydrogens is 608 g/mol. The minimum Gasteiger partial charge on any atom is -0.493 e. The van der Waals surface area contributed by atoms with Crippen LogP contribution in [0.4, 0.5) is 5.69 Å². The summed E-state index contributed by atoms with van der Waals surface area (Å²) < 4.78 is 11.7. The Morgan fingerprint density at radius 1 is 0.881 bits per heavy atom. The molecule has 0 saturated heterocycles. The summed E-state index contributed by atoms with van der Waals surface area (Å²) in [5, 5.41) is 2.12. The zero-order valence-electron chi connectivity index (χ0n) is 26.2. The number of thioether (sulfide) groups is 1. The van der Waals surface area contributed by atoms with Crippen LogP contribution in [0, 0.1) is 0 Å². The Bertz CT molecular complexity index is 1060. The van der Waals surface area contributed by atoms with Crippen LogP contribution in [-0.4, -0.2) is 36.9 Å². The van der Waals surface area contributed by atoms with E-state index in [0.717, 1.165) is 48.0 Å². The first-order chi connectivity index (χ1) is 20.1. The van der Waals surface area contributed by atoms with Crippen LogP contribution in [0.1, 0.15) is 102 Å². The summed E-state index contributed by atoms with van der Waals surface area (Å²) in [4.78, 5) is 16.7. The molecule has 0 radical (unpaired) electrons. The van der Waals surface area contributed by atoms with Crippen LogP contribution in [0.25, 0.3) is 0 Å². The van der Waals surface area contributed by atoms with Crippen molar-refractivity contribution >= 4 is 40.3 Å². The SMILES string of the molecule is Br.CCCCCCCCCCCCCCOc1ccc(CCN(C(C)=O)c2cccc(CN3C=CSC3)c2)cc1OC. The fourth-order valence-corrected chi connectivity index (χ4v) is 6.00. The second kappa shape index (κ2) is 21.6. The molecule has 234 valence electrons. The zero-order chi connectivity index (χ0) is 29.1. The summed E-state index contributed by atoms with van der Waals surface area (Å²) in [6, 6.07) is 14.5. The van der Waals surface area contributed by atoms with Gasteiger partial charge in [0.25, 0.3) is 0 Å². The monoisotopic (exact) mass is 660 g/mol. The predicted molar refractivity (Wildman–Crippen MR) is 185 cm³/mol. The van der Waals surface area contributed by atoms with Gasteiger partial charge in [-0.25, -0.2) is 0 Å². The number of halogens is 1. The van der Waals surface area contributed by atoms with Gasteiger partial charge in [-0.1, -0.05) is 95.8 Å². The molecule has 0 saturated carbocycles. The molecule has 0 fully saturated rings. The minimum atomic E-state index is 0. The Kier molecular flexibility index (Phi) is 18.5. The fraction of sp³-hybridized carbons (Fsp3) is 0.571. The number of rotatable bonds is 21. The predicted octanol–water partition coefficient (Wildman–Crippen LogP) is 9.93. The van der Waals surface area contributed by atoms with Gasteiger partial charge in [-0.2, -0.15) is 0 Å². The first kappa shape index (κ1) is 36.1.